The van der Waals surface area contributed by atoms with Crippen LogP contribution < -0.4 is 10.6 Å². The van der Waals surface area contributed by atoms with E-state index >= 15 is 0 Å². The van der Waals surface area contributed by atoms with Gasteiger partial charge in [-0.25, -0.2) is 0 Å². The minimum absolute atomic E-state index is 0.0179. The van der Waals surface area contributed by atoms with E-state index in [9.17, 15) is 19.2 Å². The molecule has 1 saturated carbocycles. The van der Waals surface area contributed by atoms with Crippen LogP contribution in [0.3, 0.4) is 0 Å². The largest absolute Gasteiger partial charge is 0.410 e. The molecule has 1 aliphatic carbocycles. The minimum atomic E-state index is -3.74. The third-order valence-electron chi connectivity index (χ3n) is 10.4. The monoisotopic (exact) mass is 622 g/mol. The minimum Gasteiger partial charge on any atom is -0.410 e. The van der Waals surface area contributed by atoms with Gasteiger partial charge < -0.3 is 20.2 Å². The van der Waals surface area contributed by atoms with Crippen LogP contribution in [0.25, 0.3) is 0 Å². The Morgan fingerprint density at radius 1 is 1.02 bits per heavy atom. The van der Waals surface area contributed by atoms with Crippen LogP contribution in [-0.2, 0) is 16.0 Å². The molecule has 4 unspecified atom stereocenters. The van der Waals surface area contributed by atoms with E-state index in [0.717, 1.165) is 30.4 Å². The second-order valence-electron chi connectivity index (χ2n) is 15.3. The first kappa shape index (κ1) is 34.8. The number of Topliss-reactive ketones (excluding diaryl/α,β-unsaturated/α-hetero) is 2. The van der Waals surface area contributed by atoms with E-state index in [2.05, 4.69) is 56.5 Å². The molecule has 0 aromatic heterocycles. The smallest absolute Gasteiger partial charge is 0.336 e. The van der Waals surface area contributed by atoms with Gasteiger partial charge in [-0.3, -0.25) is 9.59 Å². The number of hydrogen-bond acceptors (Lipinski definition) is 6. The third-order valence-corrected chi connectivity index (χ3v) is 13.3. The lowest BCUT2D eigenvalue weighted by atomic mass is 9.72. The second kappa shape index (κ2) is 14.6. The van der Waals surface area contributed by atoms with Gasteiger partial charge in [0.15, 0.2) is 11.6 Å². The fourth-order valence-corrected chi connectivity index (χ4v) is 11.0. The van der Waals surface area contributed by atoms with E-state index in [4.69, 9.17) is 0 Å². The van der Waals surface area contributed by atoms with E-state index in [1.54, 1.807) is 0 Å². The van der Waals surface area contributed by atoms with E-state index < -0.39 is 31.1 Å². The zero-order chi connectivity index (χ0) is 32.1. The Balaban J connectivity index is 1.69. The zero-order valence-electron chi connectivity index (χ0n) is 28.1. The number of carbonyl (C=O) groups is 2. The molecule has 1 aromatic rings. The molecule has 7 heteroatoms. The van der Waals surface area contributed by atoms with Gasteiger partial charge >= 0.3 is 8.56 Å². The number of ketones is 2. The molecule has 1 aromatic carbocycles. The number of rotatable bonds is 14. The first-order valence-corrected chi connectivity index (χ1v) is 19.4. The molecule has 4 N–H and O–H groups in total. The molecule has 1 saturated heterocycles. The highest BCUT2D eigenvalue weighted by molar-refractivity contribution is 6.66. The molecule has 4 rings (SSSR count). The summed E-state index contributed by atoms with van der Waals surface area (Å²) in [6.07, 6.45) is 12.7. The quantitative estimate of drug-likeness (QED) is 0.135. The standard InChI is InChI=1S/C37H58N2O4Si/c1-26(2)17-19-36(23-30-15-11-8-12-16-30)35(41)32(25-38-36)37(22-28(5)6)34(40)31(24-39-37)33(21-29-13-9-7-10-14-29)44(42,43)20-18-27(3)4/h8,11-12,15-17,25,27-29,31,33,38-39,42-43H,7,9-10,13-14,18-24H2,1-6H3. The molecule has 2 aliphatic heterocycles. The molecule has 2 heterocycles. The summed E-state index contributed by atoms with van der Waals surface area (Å²) in [5.41, 5.74) is 0.275. The molecule has 0 radical (unpaired) electrons. The maximum atomic E-state index is 14.9. The van der Waals surface area contributed by atoms with Crippen molar-refractivity contribution in [3.8, 4) is 0 Å². The van der Waals surface area contributed by atoms with Gasteiger partial charge in [-0.05, 0) is 68.9 Å². The van der Waals surface area contributed by atoms with Crippen LogP contribution in [0.4, 0.5) is 0 Å². The average Bonchev–Trinajstić information content (AvgIpc) is 3.47. The SMILES string of the molecule is CC(C)=CCC1(Cc2ccccc2)NC=C(C2(CC(C)C)NCC(C(CC3CCCCC3)[Si](O)(O)CCC(C)C)C2=O)C1=O. The van der Waals surface area contributed by atoms with E-state index in [1.165, 1.54) is 19.3 Å². The summed E-state index contributed by atoms with van der Waals surface area (Å²) < 4.78 is 0. The van der Waals surface area contributed by atoms with Crippen molar-refractivity contribution in [3.05, 3.63) is 59.3 Å². The molecular weight excluding hydrogens is 565 g/mol. The summed E-state index contributed by atoms with van der Waals surface area (Å²) in [5.74, 6) is 0.379. The highest BCUT2D eigenvalue weighted by Crippen LogP contribution is 2.47. The van der Waals surface area contributed by atoms with Crippen molar-refractivity contribution < 1.29 is 19.2 Å². The number of benzene rings is 1. The summed E-state index contributed by atoms with van der Waals surface area (Å²) in [7, 11) is -3.74. The van der Waals surface area contributed by atoms with Crippen LogP contribution in [0.5, 0.6) is 0 Å². The summed E-state index contributed by atoms with van der Waals surface area (Å²) in [5, 5.41) is 7.10. The fraction of sp³-hybridized carbons (Fsp3) is 0.676. The first-order valence-electron chi connectivity index (χ1n) is 17.2. The van der Waals surface area contributed by atoms with Crippen molar-refractivity contribution in [2.75, 3.05) is 6.54 Å². The number of allylic oxidation sites excluding steroid dienone is 1. The molecule has 44 heavy (non-hydrogen) atoms. The molecule has 2 fully saturated rings. The van der Waals surface area contributed by atoms with Crippen LogP contribution in [0.15, 0.2) is 53.8 Å². The lowest BCUT2D eigenvalue weighted by molar-refractivity contribution is -0.128. The number of hydrogen-bond donors (Lipinski definition) is 4. The lowest BCUT2D eigenvalue weighted by Crippen LogP contribution is -2.55. The summed E-state index contributed by atoms with van der Waals surface area (Å²) >= 11 is 0. The molecule has 3 aliphatic rings. The Morgan fingerprint density at radius 2 is 1.70 bits per heavy atom. The molecule has 0 spiro atoms. The Labute approximate surface area is 267 Å². The van der Waals surface area contributed by atoms with Gasteiger partial charge in [-0.2, -0.15) is 0 Å². The summed E-state index contributed by atoms with van der Waals surface area (Å²) in [4.78, 5) is 53.2. The fourth-order valence-electron chi connectivity index (χ4n) is 7.97. The van der Waals surface area contributed by atoms with Crippen LogP contribution in [0, 0.1) is 23.7 Å². The van der Waals surface area contributed by atoms with Gasteiger partial charge in [-0.15, -0.1) is 0 Å². The van der Waals surface area contributed by atoms with Crippen molar-refractivity contribution in [2.45, 2.75) is 128 Å². The van der Waals surface area contributed by atoms with Crippen molar-refractivity contribution in [1.82, 2.24) is 10.6 Å². The predicted octanol–water partition coefficient (Wildman–Crippen LogP) is 6.77. The van der Waals surface area contributed by atoms with E-state index in [-0.39, 0.29) is 17.5 Å². The van der Waals surface area contributed by atoms with Gasteiger partial charge in [-0.1, -0.05) is 102 Å². The Kier molecular flexibility index (Phi) is 11.5. The molecule has 6 nitrogen and oxygen atoms in total. The van der Waals surface area contributed by atoms with Crippen LogP contribution in [0.2, 0.25) is 11.6 Å². The average molecular weight is 623 g/mol. The molecule has 4 atom stereocenters. The van der Waals surface area contributed by atoms with Crippen molar-refractivity contribution >= 4 is 20.1 Å². The lowest BCUT2D eigenvalue weighted by Gasteiger charge is -2.37. The normalized spacial score (nSPS) is 27.1. The molecular formula is C37H58N2O4Si. The molecule has 0 amide bonds. The Bertz CT molecular complexity index is 1200. The summed E-state index contributed by atoms with van der Waals surface area (Å²) in [6.45, 7) is 12.9. The van der Waals surface area contributed by atoms with Crippen LogP contribution in [-0.4, -0.2) is 47.3 Å². The van der Waals surface area contributed by atoms with Crippen molar-refractivity contribution in [1.29, 1.82) is 0 Å². The van der Waals surface area contributed by atoms with Gasteiger partial charge in [0.2, 0.25) is 0 Å². The van der Waals surface area contributed by atoms with Gasteiger partial charge in [0, 0.05) is 36.2 Å². The Morgan fingerprint density at radius 3 is 2.32 bits per heavy atom. The van der Waals surface area contributed by atoms with Crippen LogP contribution in [0.1, 0.15) is 105 Å². The first-order chi connectivity index (χ1) is 20.8. The molecule has 244 valence electrons. The summed E-state index contributed by atoms with van der Waals surface area (Å²) in [6, 6.07) is 10.5. The number of carbonyl (C=O) groups excluding carboxylic acids is 2. The van der Waals surface area contributed by atoms with Gasteiger partial charge in [0.1, 0.15) is 11.1 Å². The number of nitrogens with one attached hydrogen (secondary N) is 2. The highest BCUT2D eigenvalue weighted by Gasteiger charge is 2.60. The van der Waals surface area contributed by atoms with Crippen molar-refractivity contribution in [3.63, 3.8) is 0 Å². The maximum Gasteiger partial charge on any atom is 0.336 e. The predicted molar refractivity (Wildman–Crippen MR) is 181 cm³/mol. The van der Waals surface area contributed by atoms with Crippen LogP contribution >= 0.6 is 0 Å². The highest BCUT2D eigenvalue weighted by atomic mass is 28.4. The third kappa shape index (κ3) is 7.83. The topological polar surface area (TPSA) is 98.7 Å². The maximum absolute atomic E-state index is 14.9. The van der Waals surface area contributed by atoms with Gasteiger partial charge in [0.05, 0.1) is 0 Å². The Hall–Kier alpha value is -2.06. The van der Waals surface area contributed by atoms with Crippen molar-refractivity contribution in [2.24, 2.45) is 23.7 Å². The van der Waals surface area contributed by atoms with E-state index in [0.29, 0.717) is 55.7 Å². The second-order valence-corrected chi connectivity index (χ2v) is 18.3. The van der Waals surface area contributed by atoms with E-state index in [1.807, 2.05) is 38.2 Å². The zero-order valence-corrected chi connectivity index (χ0v) is 29.1. The van der Waals surface area contributed by atoms with Gasteiger partial charge in [0.25, 0.3) is 0 Å². The molecule has 0 bridgehead atoms.